The predicted molar refractivity (Wildman–Crippen MR) is 95.4 cm³/mol. The highest BCUT2D eigenvalue weighted by molar-refractivity contribution is 5.11. The zero-order valence-electron chi connectivity index (χ0n) is 15.6. The van der Waals surface area contributed by atoms with Crippen LogP contribution in [-0.2, 0) is 0 Å². The summed E-state index contributed by atoms with van der Waals surface area (Å²) < 4.78 is 0. The van der Waals surface area contributed by atoms with E-state index in [1.807, 2.05) is 18.2 Å². The van der Waals surface area contributed by atoms with Gasteiger partial charge in [0.1, 0.15) is 0 Å². The van der Waals surface area contributed by atoms with Gasteiger partial charge in [-0.2, -0.15) is 0 Å². The number of hydrogen-bond donors (Lipinski definition) is 2. The van der Waals surface area contributed by atoms with Gasteiger partial charge in [-0.25, -0.2) is 0 Å². The van der Waals surface area contributed by atoms with Crippen molar-refractivity contribution < 1.29 is 10.6 Å². The van der Waals surface area contributed by atoms with Crippen LogP contribution in [0.5, 0.6) is 0 Å². The molecule has 3 heteroatoms. The third-order valence-electron chi connectivity index (χ3n) is 1.96. The number of benzene rings is 1. The molecule has 0 saturated carbocycles. The maximum Gasteiger partial charge on any atom is 0.0483 e. The molecule has 0 fully saturated rings. The van der Waals surface area contributed by atoms with Crippen LogP contribution in [-0.4, -0.2) is 16.7 Å². The van der Waals surface area contributed by atoms with E-state index in [9.17, 15) is 0 Å². The summed E-state index contributed by atoms with van der Waals surface area (Å²) in [5.41, 5.74) is 1.84. The average Bonchev–Trinajstić information content (AvgIpc) is 2.14. The molecule has 0 aliphatic rings. The van der Waals surface area contributed by atoms with E-state index in [4.69, 9.17) is 5.11 Å². The van der Waals surface area contributed by atoms with Crippen LogP contribution in [0.25, 0.3) is 0 Å². The number of quaternary nitrogens is 1. The lowest BCUT2D eigenvalue weighted by molar-refractivity contribution is 0.216. The molecule has 0 aliphatic heterocycles. The third-order valence-corrected chi connectivity index (χ3v) is 1.96. The van der Waals surface area contributed by atoms with E-state index in [-0.39, 0.29) is 17.7 Å². The van der Waals surface area contributed by atoms with Gasteiger partial charge < -0.3 is 16.7 Å². The second-order valence-corrected chi connectivity index (χ2v) is 6.91. The van der Waals surface area contributed by atoms with Crippen LogP contribution in [0.15, 0.2) is 30.3 Å². The average molecular weight is 302 g/mol. The zero-order valence-corrected chi connectivity index (χ0v) is 15.6. The summed E-state index contributed by atoms with van der Waals surface area (Å²) in [4.78, 5) is 0. The minimum absolute atomic E-state index is 0. The molecule has 0 unspecified atom stereocenters. The van der Waals surface area contributed by atoms with Crippen molar-refractivity contribution >= 4 is 0 Å². The lowest BCUT2D eigenvalue weighted by atomic mass is 9.86. The van der Waals surface area contributed by atoms with E-state index in [2.05, 4.69) is 53.7 Å². The molecule has 128 valence electrons. The summed E-state index contributed by atoms with van der Waals surface area (Å²) >= 11 is 0. The molecule has 3 nitrogen and oxygen atoms in total. The standard InChI is InChI=1S/C8H18.C7H8.C3H8O.H3N.H2O/c1-7(2)6-8(3,4)5;1-7-5-3-2-4-6-7;1-3(2)4;;/h7H,6H2,1-5H3;2-6H,1H3;3-4H,1-2H3;1H3;1H2. The second kappa shape index (κ2) is 15.5. The van der Waals surface area contributed by atoms with Crippen LogP contribution in [0, 0.1) is 18.3 Å². The van der Waals surface area contributed by atoms with Gasteiger partial charge in [0, 0.05) is 6.10 Å². The maximum atomic E-state index is 8.06. The third kappa shape index (κ3) is 38.1. The molecule has 0 aliphatic carbocycles. The summed E-state index contributed by atoms with van der Waals surface area (Å²) in [6, 6.07) is 10.3. The first kappa shape index (κ1) is 28.3. The molecule has 1 rings (SSSR count). The van der Waals surface area contributed by atoms with Crippen molar-refractivity contribution in [1.29, 1.82) is 0 Å². The topological polar surface area (TPSA) is 86.7 Å². The number of aryl methyl sites for hydroxylation is 1. The fraction of sp³-hybridized carbons (Fsp3) is 0.667. The molecule has 1 aromatic rings. The molecule has 21 heavy (non-hydrogen) atoms. The van der Waals surface area contributed by atoms with Crippen molar-refractivity contribution in [3.63, 3.8) is 0 Å². The van der Waals surface area contributed by atoms with Gasteiger partial charge >= 0.3 is 0 Å². The van der Waals surface area contributed by atoms with E-state index in [1.54, 1.807) is 13.8 Å². The summed E-state index contributed by atoms with van der Waals surface area (Å²) in [7, 11) is 0. The molecular formula is C18H39NO2. The fourth-order valence-corrected chi connectivity index (χ4v) is 1.76. The smallest absolute Gasteiger partial charge is 0.0483 e. The van der Waals surface area contributed by atoms with Crippen molar-refractivity contribution in [2.75, 3.05) is 0 Å². The van der Waals surface area contributed by atoms with Gasteiger partial charge in [0.2, 0.25) is 0 Å². The minimum atomic E-state index is -0.167. The highest BCUT2D eigenvalue weighted by Crippen LogP contribution is 2.23. The van der Waals surface area contributed by atoms with Crippen LogP contribution in [0.4, 0.5) is 0 Å². The number of aliphatic hydroxyl groups is 1. The highest BCUT2D eigenvalue weighted by atomic mass is 16.3. The summed E-state index contributed by atoms with van der Waals surface area (Å²) in [6.07, 6.45) is 1.16. The Balaban J connectivity index is -0.000000103. The molecule has 0 aromatic heterocycles. The Hall–Kier alpha value is -0.900. The number of aliphatic hydroxyl groups excluding tert-OH is 1. The second-order valence-electron chi connectivity index (χ2n) is 6.91. The van der Waals surface area contributed by atoms with Gasteiger partial charge in [-0.05, 0) is 38.5 Å². The number of hydrogen-bond acceptors (Lipinski definition) is 2. The Bertz CT molecular complexity index is 287. The van der Waals surface area contributed by atoms with Gasteiger partial charge in [-0.1, -0.05) is 70.5 Å². The van der Waals surface area contributed by atoms with Gasteiger partial charge in [0.15, 0.2) is 0 Å². The van der Waals surface area contributed by atoms with Crippen molar-refractivity contribution in [3.05, 3.63) is 35.9 Å². The lowest BCUT2D eigenvalue weighted by Gasteiger charge is -2.19. The molecule has 0 heterocycles. The molecule has 1 aromatic carbocycles. The molecule has 0 amide bonds. The van der Waals surface area contributed by atoms with E-state index < -0.39 is 0 Å². The fourth-order valence-electron chi connectivity index (χ4n) is 1.76. The molecule has 0 saturated heterocycles. The molecule has 6 N–H and O–H groups in total. The van der Waals surface area contributed by atoms with Gasteiger partial charge in [0.25, 0.3) is 0 Å². The Kier molecular flexibility index (Phi) is 20.9. The first-order valence-electron chi connectivity index (χ1n) is 7.24. The molecule has 0 spiro atoms. The van der Waals surface area contributed by atoms with Crippen LogP contribution in [0.3, 0.4) is 0 Å². The van der Waals surface area contributed by atoms with Gasteiger partial charge in [-0.15, -0.1) is 0 Å². The summed E-state index contributed by atoms with van der Waals surface area (Å²) in [5.74, 6) is 0.843. The molecule has 0 radical (unpaired) electrons. The Labute approximate surface area is 132 Å². The van der Waals surface area contributed by atoms with E-state index >= 15 is 0 Å². The Morgan fingerprint density at radius 2 is 1.29 bits per heavy atom. The number of rotatable bonds is 1. The Morgan fingerprint density at radius 1 is 0.952 bits per heavy atom. The molecule has 0 bridgehead atoms. The monoisotopic (exact) mass is 301 g/mol. The van der Waals surface area contributed by atoms with Crippen LogP contribution in [0.2, 0.25) is 0 Å². The first-order chi connectivity index (χ1) is 8.54. The summed E-state index contributed by atoms with van der Waals surface area (Å²) in [6.45, 7) is 16.9. The van der Waals surface area contributed by atoms with Crippen molar-refractivity contribution in [1.82, 2.24) is 6.15 Å². The summed E-state index contributed by atoms with van der Waals surface area (Å²) in [5, 5.41) is 8.06. The zero-order chi connectivity index (χ0) is 15.5. The van der Waals surface area contributed by atoms with E-state index in [0.29, 0.717) is 5.41 Å². The van der Waals surface area contributed by atoms with Gasteiger partial charge in [0.05, 0.1) is 0 Å². The van der Waals surface area contributed by atoms with Gasteiger partial charge in [-0.3, -0.25) is 0 Å². The quantitative estimate of drug-likeness (QED) is 0.701. The molecule has 0 atom stereocenters. The van der Waals surface area contributed by atoms with E-state index in [0.717, 1.165) is 5.92 Å². The first-order valence-corrected chi connectivity index (χ1v) is 7.24. The van der Waals surface area contributed by atoms with Crippen LogP contribution >= 0.6 is 0 Å². The van der Waals surface area contributed by atoms with Crippen molar-refractivity contribution in [2.24, 2.45) is 11.3 Å². The minimum Gasteiger partial charge on any atom is -0.870 e. The lowest BCUT2D eigenvalue weighted by Crippen LogP contribution is -2.08. The van der Waals surface area contributed by atoms with Crippen LogP contribution < -0.4 is 6.15 Å². The Morgan fingerprint density at radius 3 is 1.38 bits per heavy atom. The normalized spacial score (nSPS) is 9.48. The SMILES string of the molecule is CC(C)CC(C)(C)C.CC(C)O.Cc1ccccc1.[NH4+].[OH-]. The maximum absolute atomic E-state index is 8.06. The van der Waals surface area contributed by atoms with Crippen LogP contribution in [0.1, 0.15) is 60.5 Å². The van der Waals surface area contributed by atoms with Crippen molar-refractivity contribution in [3.8, 4) is 0 Å². The predicted octanol–water partition coefficient (Wildman–Crippen LogP) is 5.66. The van der Waals surface area contributed by atoms with E-state index in [1.165, 1.54) is 12.0 Å². The van der Waals surface area contributed by atoms with Crippen molar-refractivity contribution in [2.45, 2.75) is 67.9 Å². The highest BCUT2D eigenvalue weighted by Gasteiger charge is 2.11. The largest absolute Gasteiger partial charge is 0.870 e. The molecular weight excluding hydrogens is 262 g/mol.